The van der Waals surface area contributed by atoms with Crippen LogP contribution in [0.1, 0.15) is 6.92 Å². The lowest BCUT2D eigenvalue weighted by Crippen LogP contribution is -2.14. The minimum Gasteiger partial charge on any atom is -0.492 e. The first kappa shape index (κ1) is 14.3. The van der Waals surface area contributed by atoms with Crippen LogP contribution in [0.3, 0.4) is 0 Å². The van der Waals surface area contributed by atoms with Crippen molar-refractivity contribution >= 4 is 17.5 Å². The molecule has 0 aliphatic carbocycles. The van der Waals surface area contributed by atoms with Crippen molar-refractivity contribution in [1.82, 2.24) is 15.0 Å². The van der Waals surface area contributed by atoms with E-state index in [1.54, 1.807) is 0 Å². The average Bonchev–Trinajstić information content (AvgIpc) is 2.45. The van der Waals surface area contributed by atoms with E-state index in [0.29, 0.717) is 25.7 Å². The molecule has 0 radical (unpaired) electrons. The number of hydrogen-bond donors (Lipinski definition) is 1. The standard InChI is InChI=1S/C13H15ClN4O2/c1-2-19-13-17-11(14)16-12(18-13)15-8-9-20-10-6-4-3-5-7-10/h3-7H,2,8-9H2,1H3,(H,15,16,17,18). The molecule has 1 aromatic carbocycles. The fraction of sp³-hybridized carbons (Fsp3) is 0.308. The molecule has 0 saturated heterocycles. The van der Waals surface area contributed by atoms with Gasteiger partial charge in [-0.1, -0.05) is 18.2 Å². The van der Waals surface area contributed by atoms with Crippen molar-refractivity contribution in [3.8, 4) is 11.8 Å². The second-order valence-corrected chi connectivity index (χ2v) is 4.07. The Morgan fingerprint density at radius 3 is 2.65 bits per heavy atom. The van der Waals surface area contributed by atoms with Crippen LogP contribution in [0.15, 0.2) is 30.3 Å². The molecule has 20 heavy (non-hydrogen) atoms. The van der Waals surface area contributed by atoms with Crippen molar-refractivity contribution in [2.45, 2.75) is 6.92 Å². The largest absolute Gasteiger partial charge is 0.492 e. The Kier molecular flexibility index (Phi) is 5.37. The lowest BCUT2D eigenvalue weighted by atomic mass is 10.3. The van der Waals surface area contributed by atoms with Gasteiger partial charge in [-0.25, -0.2) is 0 Å². The second kappa shape index (κ2) is 7.49. The number of rotatable bonds is 7. The molecule has 0 fully saturated rings. The molecule has 0 saturated carbocycles. The summed E-state index contributed by atoms with van der Waals surface area (Å²) >= 11 is 5.78. The fourth-order valence-electron chi connectivity index (χ4n) is 1.45. The molecule has 106 valence electrons. The van der Waals surface area contributed by atoms with Crippen molar-refractivity contribution in [1.29, 1.82) is 0 Å². The molecular weight excluding hydrogens is 280 g/mol. The highest BCUT2D eigenvalue weighted by Gasteiger charge is 2.05. The number of nitrogens with zero attached hydrogens (tertiary/aromatic N) is 3. The van der Waals surface area contributed by atoms with Crippen molar-refractivity contribution in [2.24, 2.45) is 0 Å². The summed E-state index contributed by atoms with van der Waals surface area (Å²) in [7, 11) is 0. The van der Waals surface area contributed by atoms with E-state index in [0.717, 1.165) is 5.75 Å². The summed E-state index contributed by atoms with van der Waals surface area (Å²) < 4.78 is 10.7. The summed E-state index contributed by atoms with van der Waals surface area (Å²) in [4.78, 5) is 11.9. The molecule has 0 atom stereocenters. The molecule has 0 aliphatic heterocycles. The Morgan fingerprint density at radius 1 is 1.10 bits per heavy atom. The Bertz CT molecular complexity index is 539. The first-order valence-electron chi connectivity index (χ1n) is 6.24. The second-order valence-electron chi connectivity index (χ2n) is 3.73. The lowest BCUT2D eigenvalue weighted by Gasteiger charge is -2.08. The van der Waals surface area contributed by atoms with E-state index in [4.69, 9.17) is 21.1 Å². The maximum absolute atomic E-state index is 5.78. The monoisotopic (exact) mass is 294 g/mol. The van der Waals surface area contributed by atoms with Crippen LogP contribution in [-0.2, 0) is 0 Å². The average molecular weight is 295 g/mol. The van der Waals surface area contributed by atoms with E-state index in [9.17, 15) is 0 Å². The molecule has 6 nitrogen and oxygen atoms in total. The topological polar surface area (TPSA) is 69.2 Å². The van der Waals surface area contributed by atoms with E-state index in [2.05, 4.69) is 20.3 Å². The van der Waals surface area contributed by atoms with Gasteiger partial charge in [-0.3, -0.25) is 0 Å². The van der Waals surface area contributed by atoms with Gasteiger partial charge >= 0.3 is 6.01 Å². The number of para-hydroxylation sites is 1. The minimum atomic E-state index is 0.0925. The minimum absolute atomic E-state index is 0.0925. The fourth-order valence-corrected chi connectivity index (χ4v) is 1.61. The predicted octanol–water partition coefficient (Wildman–Crippen LogP) is 2.41. The smallest absolute Gasteiger partial charge is 0.322 e. The van der Waals surface area contributed by atoms with Crippen LogP contribution < -0.4 is 14.8 Å². The van der Waals surface area contributed by atoms with Gasteiger partial charge in [-0.15, -0.1) is 0 Å². The van der Waals surface area contributed by atoms with E-state index < -0.39 is 0 Å². The Labute approximate surface area is 122 Å². The maximum Gasteiger partial charge on any atom is 0.322 e. The maximum atomic E-state index is 5.78. The Morgan fingerprint density at radius 2 is 1.90 bits per heavy atom. The molecule has 0 unspecified atom stereocenters. The van der Waals surface area contributed by atoms with Crippen LogP contribution in [0.25, 0.3) is 0 Å². The summed E-state index contributed by atoms with van der Waals surface area (Å²) in [5.41, 5.74) is 0. The molecule has 0 spiro atoms. The molecule has 1 heterocycles. The normalized spacial score (nSPS) is 10.1. The van der Waals surface area contributed by atoms with E-state index in [1.165, 1.54) is 0 Å². The highest BCUT2D eigenvalue weighted by Crippen LogP contribution is 2.11. The van der Waals surface area contributed by atoms with Crippen molar-refractivity contribution in [2.75, 3.05) is 25.1 Å². The van der Waals surface area contributed by atoms with Crippen molar-refractivity contribution in [3.05, 3.63) is 35.6 Å². The van der Waals surface area contributed by atoms with Crippen LogP contribution in [0.4, 0.5) is 5.95 Å². The first-order chi connectivity index (χ1) is 9.78. The molecule has 0 bridgehead atoms. The van der Waals surface area contributed by atoms with Crippen LogP contribution in [0, 0.1) is 0 Å². The zero-order chi connectivity index (χ0) is 14.2. The number of aromatic nitrogens is 3. The molecule has 2 aromatic rings. The van der Waals surface area contributed by atoms with Gasteiger partial charge < -0.3 is 14.8 Å². The SMILES string of the molecule is CCOc1nc(Cl)nc(NCCOc2ccccc2)n1. The Hall–Kier alpha value is -2.08. The van der Waals surface area contributed by atoms with E-state index in [-0.39, 0.29) is 11.3 Å². The van der Waals surface area contributed by atoms with Crippen LogP contribution in [0.5, 0.6) is 11.8 Å². The number of halogens is 1. The molecule has 0 aliphatic rings. The first-order valence-corrected chi connectivity index (χ1v) is 6.62. The molecule has 1 N–H and O–H groups in total. The van der Waals surface area contributed by atoms with Gasteiger partial charge in [0, 0.05) is 0 Å². The van der Waals surface area contributed by atoms with Gasteiger partial charge in [0.05, 0.1) is 13.2 Å². The summed E-state index contributed by atoms with van der Waals surface area (Å²) in [6, 6.07) is 9.78. The van der Waals surface area contributed by atoms with E-state index in [1.807, 2.05) is 37.3 Å². The summed E-state index contributed by atoms with van der Waals surface area (Å²) in [5.74, 6) is 1.18. The van der Waals surface area contributed by atoms with Crippen LogP contribution >= 0.6 is 11.6 Å². The number of ether oxygens (including phenoxy) is 2. The third kappa shape index (κ3) is 4.55. The summed E-state index contributed by atoms with van der Waals surface area (Å²) in [6.45, 7) is 3.34. The van der Waals surface area contributed by atoms with Gasteiger partial charge in [0.15, 0.2) is 0 Å². The third-order valence-corrected chi connectivity index (χ3v) is 2.43. The van der Waals surface area contributed by atoms with Crippen molar-refractivity contribution < 1.29 is 9.47 Å². The predicted molar refractivity (Wildman–Crippen MR) is 76.4 cm³/mol. The third-order valence-electron chi connectivity index (χ3n) is 2.26. The van der Waals surface area contributed by atoms with Gasteiger partial charge in [0.2, 0.25) is 11.2 Å². The van der Waals surface area contributed by atoms with Crippen molar-refractivity contribution in [3.63, 3.8) is 0 Å². The summed E-state index contributed by atoms with van der Waals surface area (Å²) in [5, 5.41) is 3.10. The molecule has 1 aromatic heterocycles. The number of hydrogen-bond acceptors (Lipinski definition) is 6. The van der Waals surface area contributed by atoms with Crippen LogP contribution in [-0.4, -0.2) is 34.7 Å². The van der Waals surface area contributed by atoms with Gasteiger partial charge in [-0.05, 0) is 30.7 Å². The number of benzene rings is 1. The highest BCUT2D eigenvalue weighted by atomic mass is 35.5. The van der Waals surface area contributed by atoms with Crippen LogP contribution in [0.2, 0.25) is 5.28 Å². The Balaban J connectivity index is 1.81. The highest BCUT2D eigenvalue weighted by molar-refractivity contribution is 6.28. The van der Waals surface area contributed by atoms with Gasteiger partial charge in [-0.2, -0.15) is 15.0 Å². The summed E-state index contributed by atoms with van der Waals surface area (Å²) in [6.07, 6.45) is 0. The van der Waals surface area contributed by atoms with Gasteiger partial charge in [0.25, 0.3) is 0 Å². The quantitative estimate of drug-likeness (QED) is 0.791. The van der Waals surface area contributed by atoms with Gasteiger partial charge in [0.1, 0.15) is 12.4 Å². The van der Waals surface area contributed by atoms with E-state index >= 15 is 0 Å². The zero-order valence-corrected chi connectivity index (χ0v) is 11.8. The molecular formula is C13H15ClN4O2. The number of nitrogens with one attached hydrogen (secondary N) is 1. The number of anilines is 1. The lowest BCUT2D eigenvalue weighted by molar-refractivity contribution is 0.311. The molecule has 0 amide bonds. The zero-order valence-electron chi connectivity index (χ0n) is 11.0. The molecule has 2 rings (SSSR count). The molecule has 7 heteroatoms.